The quantitative estimate of drug-likeness (QED) is 0.844. The Balaban J connectivity index is 2.10. The van der Waals surface area contributed by atoms with Gasteiger partial charge >= 0.3 is 0 Å². The fourth-order valence-electron chi connectivity index (χ4n) is 1.38. The Hall–Kier alpha value is -0.830. The Morgan fingerprint density at radius 1 is 1.18 bits per heavy atom. The summed E-state index contributed by atoms with van der Waals surface area (Å²) in [6, 6.07) is 11.9. The third kappa shape index (κ3) is 3.09. The number of nitriles is 1. The summed E-state index contributed by atoms with van der Waals surface area (Å²) in [6.45, 7) is 0.716. The number of hydrogen-bond acceptors (Lipinski definition) is 3. The second-order valence-corrected chi connectivity index (χ2v) is 6.20. The van der Waals surface area contributed by atoms with E-state index < -0.39 is 0 Å². The van der Waals surface area contributed by atoms with Crippen molar-refractivity contribution >= 4 is 48.9 Å². The molecule has 0 amide bonds. The molecule has 0 aliphatic carbocycles. The molecule has 0 bridgehead atoms. The average Bonchev–Trinajstić information content (AvgIpc) is 2.76. The Labute approximate surface area is 121 Å². The van der Waals surface area contributed by atoms with Gasteiger partial charge in [-0.1, -0.05) is 6.07 Å². The first-order valence-electron chi connectivity index (χ1n) is 4.87. The highest BCUT2D eigenvalue weighted by molar-refractivity contribution is 9.11. The van der Waals surface area contributed by atoms with Gasteiger partial charge in [0.1, 0.15) is 10.9 Å². The van der Waals surface area contributed by atoms with Crippen LogP contribution in [0.4, 0.5) is 5.69 Å². The van der Waals surface area contributed by atoms with Gasteiger partial charge in [0, 0.05) is 20.4 Å². The number of nitrogens with zero attached hydrogens (tertiary/aromatic N) is 1. The summed E-state index contributed by atoms with van der Waals surface area (Å²) in [5, 5.41) is 12.1. The van der Waals surface area contributed by atoms with E-state index in [4.69, 9.17) is 5.26 Å². The molecule has 0 saturated heterocycles. The van der Waals surface area contributed by atoms with Crippen LogP contribution in [0.3, 0.4) is 0 Å². The highest BCUT2D eigenvalue weighted by Crippen LogP contribution is 2.31. The normalized spacial score (nSPS) is 9.94. The van der Waals surface area contributed by atoms with Gasteiger partial charge in [-0.3, -0.25) is 0 Å². The molecule has 2 nitrogen and oxygen atoms in total. The molecule has 1 N–H and O–H groups in total. The van der Waals surface area contributed by atoms with Crippen LogP contribution in [-0.4, -0.2) is 0 Å². The summed E-state index contributed by atoms with van der Waals surface area (Å²) in [7, 11) is 0. The molecule has 0 fully saturated rings. The van der Waals surface area contributed by atoms with E-state index in [1.807, 2.05) is 30.3 Å². The first-order valence-corrected chi connectivity index (χ1v) is 7.27. The van der Waals surface area contributed by atoms with E-state index >= 15 is 0 Å². The summed E-state index contributed by atoms with van der Waals surface area (Å²) in [5.41, 5.74) is 1.03. The Morgan fingerprint density at radius 2 is 1.88 bits per heavy atom. The van der Waals surface area contributed by atoms with Crippen LogP contribution in [0, 0.1) is 11.3 Å². The van der Waals surface area contributed by atoms with E-state index in [1.165, 1.54) is 11.3 Å². The Kier molecular flexibility index (Phi) is 4.21. The summed E-state index contributed by atoms with van der Waals surface area (Å²) < 4.78 is 2.04. The largest absolute Gasteiger partial charge is 0.378 e. The van der Waals surface area contributed by atoms with Crippen molar-refractivity contribution in [2.75, 3.05) is 5.32 Å². The van der Waals surface area contributed by atoms with Crippen molar-refractivity contribution in [3.63, 3.8) is 0 Å². The summed E-state index contributed by atoms with van der Waals surface area (Å²) in [6.07, 6.45) is 0. The van der Waals surface area contributed by atoms with Crippen molar-refractivity contribution in [2.24, 2.45) is 0 Å². The number of hydrogen-bond donors (Lipinski definition) is 1. The van der Waals surface area contributed by atoms with Crippen LogP contribution >= 0.6 is 43.2 Å². The molecule has 0 spiro atoms. The number of halogens is 2. The standard InChI is InChI=1S/C12H8Br2N2S/c13-10-2-1-3-11(14)12(10)16-7-9-5-4-8(6-15)17-9/h1-5,16H,7H2. The van der Waals surface area contributed by atoms with Crippen LogP contribution < -0.4 is 5.32 Å². The molecule has 17 heavy (non-hydrogen) atoms. The Morgan fingerprint density at radius 3 is 2.47 bits per heavy atom. The zero-order valence-corrected chi connectivity index (χ0v) is 12.7. The van der Waals surface area contributed by atoms with Crippen LogP contribution in [0.1, 0.15) is 9.75 Å². The van der Waals surface area contributed by atoms with E-state index in [2.05, 4.69) is 43.2 Å². The van der Waals surface area contributed by atoms with Crippen LogP contribution in [0.15, 0.2) is 39.3 Å². The van der Waals surface area contributed by atoms with Crippen molar-refractivity contribution in [1.82, 2.24) is 0 Å². The van der Waals surface area contributed by atoms with Crippen molar-refractivity contribution in [1.29, 1.82) is 5.26 Å². The molecular formula is C12H8Br2N2S. The molecular weight excluding hydrogens is 364 g/mol. The molecule has 0 aliphatic heterocycles. The fourth-order valence-corrected chi connectivity index (χ4v) is 3.40. The van der Waals surface area contributed by atoms with E-state index in [0.717, 1.165) is 24.4 Å². The molecule has 2 aromatic rings. The van der Waals surface area contributed by atoms with Gasteiger partial charge in [-0.15, -0.1) is 11.3 Å². The average molecular weight is 372 g/mol. The van der Waals surface area contributed by atoms with Crippen molar-refractivity contribution in [3.8, 4) is 6.07 Å². The van der Waals surface area contributed by atoms with E-state index in [0.29, 0.717) is 6.54 Å². The molecule has 2 rings (SSSR count). The minimum absolute atomic E-state index is 0.716. The highest BCUT2D eigenvalue weighted by Gasteiger charge is 2.05. The monoisotopic (exact) mass is 370 g/mol. The highest BCUT2D eigenvalue weighted by atomic mass is 79.9. The molecule has 1 heterocycles. The molecule has 0 radical (unpaired) electrons. The summed E-state index contributed by atoms with van der Waals surface area (Å²) >= 11 is 8.51. The van der Waals surface area contributed by atoms with E-state index in [9.17, 15) is 0 Å². The van der Waals surface area contributed by atoms with Crippen LogP contribution in [0.25, 0.3) is 0 Å². The lowest BCUT2D eigenvalue weighted by Gasteiger charge is -2.09. The third-order valence-corrected chi connectivity index (χ3v) is 4.49. The van der Waals surface area contributed by atoms with Gasteiger partial charge in [0.15, 0.2) is 0 Å². The topological polar surface area (TPSA) is 35.8 Å². The van der Waals surface area contributed by atoms with Gasteiger partial charge in [0.25, 0.3) is 0 Å². The maximum absolute atomic E-state index is 8.75. The molecule has 0 saturated carbocycles. The second-order valence-electron chi connectivity index (χ2n) is 3.33. The minimum atomic E-state index is 0.716. The van der Waals surface area contributed by atoms with Gasteiger partial charge in [-0.25, -0.2) is 0 Å². The van der Waals surface area contributed by atoms with Gasteiger partial charge in [-0.2, -0.15) is 5.26 Å². The predicted octanol–water partition coefficient (Wildman–Crippen LogP) is 4.76. The molecule has 0 atom stereocenters. The van der Waals surface area contributed by atoms with Gasteiger partial charge in [0.2, 0.25) is 0 Å². The van der Waals surface area contributed by atoms with E-state index in [1.54, 1.807) is 0 Å². The number of benzene rings is 1. The molecule has 1 aromatic heterocycles. The molecule has 0 aliphatic rings. The van der Waals surface area contributed by atoms with Gasteiger partial charge in [-0.05, 0) is 56.1 Å². The Bertz CT molecular complexity index is 552. The van der Waals surface area contributed by atoms with Gasteiger partial charge in [0.05, 0.1) is 5.69 Å². The molecule has 5 heteroatoms. The lowest BCUT2D eigenvalue weighted by molar-refractivity contribution is 1.18. The zero-order valence-electron chi connectivity index (χ0n) is 8.71. The summed E-state index contributed by atoms with van der Waals surface area (Å²) in [5.74, 6) is 0. The molecule has 1 aromatic carbocycles. The summed E-state index contributed by atoms with van der Waals surface area (Å²) in [4.78, 5) is 1.89. The predicted molar refractivity (Wildman–Crippen MR) is 78.2 cm³/mol. The zero-order chi connectivity index (χ0) is 12.3. The third-order valence-electron chi connectivity index (χ3n) is 2.17. The smallest absolute Gasteiger partial charge is 0.110 e. The van der Waals surface area contributed by atoms with E-state index in [-0.39, 0.29) is 0 Å². The number of thiophene rings is 1. The van der Waals surface area contributed by atoms with Crippen molar-refractivity contribution in [2.45, 2.75) is 6.54 Å². The van der Waals surface area contributed by atoms with Crippen molar-refractivity contribution in [3.05, 3.63) is 49.0 Å². The first kappa shape index (κ1) is 12.6. The van der Waals surface area contributed by atoms with Crippen LogP contribution in [0.2, 0.25) is 0 Å². The maximum Gasteiger partial charge on any atom is 0.110 e. The number of anilines is 1. The van der Waals surface area contributed by atoms with Crippen LogP contribution in [-0.2, 0) is 6.54 Å². The van der Waals surface area contributed by atoms with Gasteiger partial charge < -0.3 is 5.32 Å². The number of rotatable bonds is 3. The molecule has 86 valence electrons. The first-order chi connectivity index (χ1) is 8.20. The van der Waals surface area contributed by atoms with Crippen LogP contribution in [0.5, 0.6) is 0 Å². The van der Waals surface area contributed by atoms with Crippen molar-refractivity contribution < 1.29 is 0 Å². The lowest BCUT2D eigenvalue weighted by atomic mass is 10.3. The SMILES string of the molecule is N#Cc1ccc(CNc2c(Br)cccc2Br)s1. The number of nitrogens with one attached hydrogen (secondary N) is 1. The number of para-hydroxylation sites is 1. The minimum Gasteiger partial charge on any atom is -0.378 e. The molecule has 0 unspecified atom stereocenters. The maximum atomic E-state index is 8.75. The lowest BCUT2D eigenvalue weighted by Crippen LogP contribution is -1.98. The fraction of sp³-hybridized carbons (Fsp3) is 0.0833. The second kappa shape index (κ2) is 5.67.